The third-order valence-electron chi connectivity index (χ3n) is 3.42. The predicted octanol–water partition coefficient (Wildman–Crippen LogP) is 3.18. The first-order valence-corrected chi connectivity index (χ1v) is 8.58. The zero-order valence-electron chi connectivity index (χ0n) is 12.6. The van der Waals surface area contributed by atoms with E-state index in [-0.39, 0.29) is 24.3 Å². The number of nitrogens with one attached hydrogen (secondary N) is 2. The van der Waals surface area contributed by atoms with Crippen LogP contribution >= 0.6 is 22.9 Å². The molecule has 1 aliphatic rings. The molecule has 1 fully saturated rings. The fourth-order valence-corrected chi connectivity index (χ4v) is 2.94. The van der Waals surface area contributed by atoms with Gasteiger partial charge < -0.3 is 10.6 Å². The van der Waals surface area contributed by atoms with Crippen molar-refractivity contribution in [3.63, 3.8) is 0 Å². The first kappa shape index (κ1) is 16.0. The second-order valence-electron chi connectivity index (χ2n) is 5.53. The molecule has 0 spiro atoms. The van der Waals surface area contributed by atoms with Crippen LogP contribution in [0.4, 0.5) is 5.69 Å². The van der Waals surface area contributed by atoms with Crippen molar-refractivity contribution < 1.29 is 9.59 Å². The van der Waals surface area contributed by atoms with Crippen LogP contribution in [0.1, 0.15) is 33.9 Å². The first-order chi connectivity index (χ1) is 11.0. The maximum Gasteiger partial charge on any atom is 0.253 e. The number of aromatic nitrogens is 1. The van der Waals surface area contributed by atoms with Crippen molar-refractivity contribution in [1.82, 2.24) is 10.3 Å². The van der Waals surface area contributed by atoms with Gasteiger partial charge in [-0.2, -0.15) is 0 Å². The molecule has 0 bridgehead atoms. The lowest BCUT2D eigenvalue weighted by Crippen LogP contribution is -2.26. The van der Waals surface area contributed by atoms with E-state index in [1.165, 1.54) is 11.3 Å². The molecule has 3 rings (SSSR count). The van der Waals surface area contributed by atoms with Gasteiger partial charge in [0.25, 0.3) is 5.91 Å². The number of halogens is 1. The van der Waals surface area contributed by atoms with Crippen molar-refractivity contribution in [1.29, 1.82) is 0 Å². The van der Waals surface area contributed by atoms with Crippen molar-refractivity contribution in [3.8, 4) is 0 Å². The number of benzene rings is 1. The standard InChI is InChI=1S/C16H16ClN3O2S/c1-9-18-12(8-23-9)7-15(21)19-11-4-5-14(17)13(6-11)16(22)20-10-2-3-10/h4-6,8,10H,2-3,7H2,1H3,(H,19,21)(H,20,22). The molecule has 0 aliphatic heterocycles. The minimum Gasteiger partial charge on any atom is -0.349 e. The minimum atomic E-state index is -0.205. The van der Waals surface area contributed by atoms with Crippen LogP contribution in [0.5, 0.6) is 0 Å². The molecule has 0 saturated heterocycles. The molecule has 0 unspecified atom stereocenters. The smallest absolute Gasteiger partial charge is 0.253 e. The van der Waals surface area contributed by atoms with Crippen molar-refractivity contribution in [2.75, 3.05) is 5.32 Å². The van der Waals surface area contributed by atoms with E-state index in [0.29, 0.717) is 16.3 Å². The average molecular weight is 350 g/mol. The minimum absolute atomic E-state index is 0.175. The normalized spacial score (nSPS) is 13.7. The second-order valence-corrected chi connectivity index (χ2v) is 6.99. The zero-order chi connectivity index (χ0) is 16.4. The highest BCUT2D eigenvalue weighted by Gasteiger charge is 2.24. The Kier molecular flexibility index (Phi) is 4.63. The number of hydrogen-bond acceptors (Lipinski definition) is 4. The predicted molar refractivity (Wildman–Crippen MR) is 91.1 cm³/mol. The van der Waals surface area contributed by atoms with E-state index in [1.54, 1.807) is 18.2 Å². The van der Waals surface area contributed by atoms with E-state index in [0.717, 1.165) is 23.5 Å². The van der Waals surface area contributed by atoms with Crippen LogP contribution in [-0.4, -0.2) is 22.8 Å². The molecule has 0 radical (unpaired) electrons. The molecule has 1 aliphatic carbocycles. The summed E-state index contributed by atoms with van der Waals surface area (Å²) < 4.78 is 0. The average Bonchev–Trinajstić information content (AvgIpc) is 3.22. The lowest BCUT2D eigenvalue weighted by Gasteiger charge is -2.09. The summed E-state index contributed by atoms with van der Waals surface area (Å²) in [5, 5.41) is 8.83. The Morgan fingerprint density at radius 3 is 2.83 bits per heavy atom. The summed E-state index contributed by atoms with van der Waals surface area (Å²) in [6.45, 7) is 1.90. The maximum absolute atomic E-state index is 12.1. The van der Waals surface area contributed by atoms with Gasteiger partial charge in [0.15, 0.2) is 0 Å². The van der Waals surface area contributed by atoms with Gasteiger partial charge >= 0.3 is 0 Å². The van der Waals surface area contributed by atoms with E-state index in [4.69, 9.17) is 11.6 Å². The van der Waals surface area contributed by atoms with Crippen LogP contribution in [0.15, 0.2) is 23.6 Å². The molecule has 23 heavy (non-hydrogen) atoms. The Hall–Kier alpha value is -1.92. The van der Waals surface area contributed by atoms with Crippen LogP contribution in [0.2, 0.25) is 5.02 Å². The van der Waals surface area contributed by atoms with Crippen LogP contribution in [0.25, 0.3) is 0 Å². The van der Waals surface area contributed by atoms with Crippen molar-refractivity contribution >= 4 is 40.4 Å². The van der Waals surface area contributed by atoms with Gasteiger partial charge in [-0.1, -0.05) is 11.6 Å². The third kappa shape index (κ3) is 4.30. The number of rotatable bonds is 5. The Morgan fingerprint density at radius 1 is 1.39 bits per heavy atom. The fraction of sp³-hybridized carbons (Fsp3) is 0.312. The van der Waals surface area contributed by atoms with E-state index >= 15 is 0 Å². The molecule has 7 heteroatoms. The lowest BCUT2D eigenvalue weighted by molar-refractivity contribution is -0.115. The quantitative estimate of drug-likeness (QED) is 0.870. The number of nitrogens with zero attached hydrogens (tertiary/aromatic N) is 1. The van der Waals surface area contributed by atoms with Crippen LogP contribution < -0.4 is 10.6 Å². The van der Waals surface area contributed by atoms with E-state index in [9.17, 15) is 9.59 Å². The number of thiazole rings is 1. The molecule has 5 nitrogen and oxygen atoms in total. The largest absolute Gasteiger partial charge is 0.349 e. The van der Waals surface area contributed by atoms with Crippen LogP contribution in [-0.2, 0) is 11.2 Å². The molecule has 2 aromatic rings. The number of amides is 2. The van der Waals surface area contributed by atoms with E-state index in [2.05, 4.69) is 15.6 Å². The highest BCUT2D eigenvalue weighted by Crippen LogP contribution is 2.24. The molecule has 1 aromatic heterocycles. The van der Waals surface area contributed by atoms with E-state index in [1.807, 2.05) is 12.3 Å². The SMILES string of the molecule is Cc1nc(CC(=O)Nc2ccc(Cl)c(C(=O)NC3CC3)c2)cs1. The van der Waals surface area contributed by atoms with Gasteiger partial charge in [-0.3, -0.25) is 9.59 Å². The Bertz CT molecular complexity index is 756. The highest BCUT2D eigenvalue weighted by molar-refractivity contribution is 7.09. The Morgan fingerprint density at radius 2 is 2.17 bits per heavy atom. The molecular formula is C16H16ClN3O2S. The van der Waals surface area contributed by atoms with Gasteiger partial charge in [-0.05, 0) is 38.0 Å². The molecule has 1 saturated carbocycles. The molecule has 120 valence electrons. The zero-order valence-corrected chi connectivity index (χ0v) is 14.1. The van der Waals surface area contributed by atoms with Crippen LogP contribution in [0.3, 0.4) is 0 Å². The van der Waals surface area contributed by atoms with Gasteiger partial charge in [-0.15, -0.1) is 11.3 Å². The van der Waals surface area contributed by atoms with Gasteiger partial charge in [0, 0.05) is 17.1 Å². The number of anilines is 1. The molecule has 0 atom stereocenters. The summed E-state index contributed by atoms with van der Waals surface area (Å²) in [7, 11) is 0. The maximum atomic E-state index is 12.1. The molecule has 1 aromatic carbocycles. The van der Waals surface area contributed by atoms with Crippen molar-refractivity contribution in [2.45, 2.75) is 32.2 Å². The van der Waals surface area contributed by atoms with Gasteiger partial charge in [0.05, 0.1) is 27.7 Å². The topological polar surface area (TPSA) is 71.1 Å². The summed E-state index contributed by atoms with van der Waals surface area (Å²) >= 11 is 7.59. The second kappa shape index (κ2) is 6.68. The van der Waals surface area contributed by atoms with E-state index < -0.39 is 0 Å². The fourth-order valence-electron chi connectivity index (χ4n) is 2.13. The monoisotopic (exact) mass is 349 g/mol. The van der Waals surface area contributed by atoms with Crippen LogP contribution in [0, 0.1) is 6.92 Å². The summed E-state index contributed by atoms with van der Waals surface area (Å²) in [5.41, 5.74) is 1.67. The summed E-state index contributed by atoms with van der Waals surface area (Å²) in [6, 6.07) is 5.15. The lowest BCUT2D eigenvalue weighted by atomic mass is 10.1. The number of hydrogen-bond donors (Lipinski definition) is 2. The molecule has 1 heterocycles. The molecule has 2 amide bonds. The highest BCUT2D eigenvalue weighted by atomic mass is 35.5. The Labute approximate surface area is 143 Å². The summed E-state index contributed by atoms with van der Waals surface area (Å²) in [4.78, 5) is 28.5. The van der Waals surface area contributed by atoms with Gasteiger partial charge in [0.2, 0.25) is 5.91 Å². The molecule has 2 N–H and O–H groups in total. The summed E-state index contributed by atoms with van der Waals surface area (Å²) in [6.07, 6.45) is 2.22. The first-order valence-electron chi connectivity index (χ1n) is 7.32. The Balaban J connectivity index is 1.67. The number of carbonyl (C=O) groups excluding carboxylic acids is 2. The third-order valence-corrected chi connectivity index (χ3v) is 4.57. The number of aryl methyl sites for hydroxylation is 1. The summed E-state index contributed by atoms with van der Waals surface area (Å²) in [5.74, 6) is -0.380. The van der Waals surface area contributed by atoms with Crippen molar-refractivity contribution in [2.24, 2.45) is 0 Å². The van der Waals surface area contributed by atoms with Gasteiger partial charge in [0.1, 0.15) is 0 Å². The van der Waals surface area contributed by atoms with Gasteiger partial charge in [-0.25, -0.2) is 4.98 Å². The van der Waals surface area contributed by atoms with Crippen molar-refractivity contribution in [3.05, 3.63) is 44.9 Å². The molecular weight excluding hydrogens is 334 g/mol. The number of carbonyl (C=O) groups is 2.